The average molecular weight is 352 g/mol. The number of aromatic nitrogens is 2. The highest BCUT2D eigenvalue weighted by Crippen LogP contribution is 2.13. The number of benzene rings is 1. The number of furan rings is 1. The second-order valence-corrected chi connectivity index (χ2v) is 6.39. The Morgan fingerprint density at radius 1 is 1.00 bits per heavy atom. The molecule has 3 heterocycles. The van der Waals surface area contributed by atoms with E-state index in [-0.39, 0.29) is 18.4 Å². The molecule has 1 saturated heterocycles. The molecule has 0 atom stereocenters. The van der Waals surface area contributed by atoms with E-state index in [1.807, 2.05) is 35.4 Å². The zero-order valence-corrected chi connectivity index (χ0v) is 14.4. The van der Waals surface area contributed by atoms with Crippen LogP contribution < -0.4 is 0 Å². The lowest BCUT2D eigenvalue weighted by Crippen LogP contribution is -2.38. The summed E-state index contributed by atoms with van der Waals surface area (Å²) in [6, 6.07) is 11.2. The minimum atomic E-state index is -0.123. The first kappa shape index (κ1) is 16.4. The first-order valence-electron chi connectivity index (χ1n) is 8.73. The van der Waals surface area contributed by atoms with E-state index in [1.54, 1.807) is 21.7 Å². The standard InChI is InChI=1S/C19H20N4O3/c24-18(14-23-13-15-5-1-2-6-16(15)20-23)21-8-4-9-22(11-10-21)19(25)17-7-3-12-26-17/h1-3,5-7,12-13H,4,8-11,14H2. The number of carbonyl (C=O) groups is 2. The molecule has 26 heavy (non-hydrogen) atoms. The molecular formula is C19H20N4O3. The Bertz CT molecular complexity index is 883. The zero-order chi connectivity index (χ0) is 17.9. The minimum Gasteiger partial charge on any atom is -0.459 e. The normalized spacial score (nSPS) is 15.2. The van der Waals surface area contributed by atoms with E-state index >= 15 is 0 Å². The van der Waals surface area contributed by atoms with E-state index in [1.165, 1.54) is 6.26 Å². The Kier molecular flexibility index (Phi) is 4.43. The van der Waals surface area contributed by atoms with Crippen LogP contribution in [-0.4, -0.2) is 57.6 Å². The summed E-state index contributed by atoms with van der Waals surface area (Å²) >= 11 is 0. The van der Waals surface area contributed by atoms with Crippen molar-refractivity contribution in [2.45, 2.75) is 13.0 Å². The monoisotopic (exact) mass is 352 g/mol. The van der Waals surface area contributed by atoms with Gasteiger partial charge in [0.25, 0.3) is 5.91 Å². The van der Waals surface area contributed by atoms with Crippen LogP contribution in [-0.2, 0) is 11.3 Å². The molecule has 1 aromatic carbocycles. The first-order valence-corrected chi connectivity index (χ1v) is 8.73. The molecule has 4 rings (SSSR count). The van der Waals surface area contributed by atoms with Gasteiger partial charge in [-0.15, -0.1) is 0 Å². The molecule has 3 aromatic rings. The van der Waals surface area contributed by atoms with E-state index in [4.69, 9.17) is 4.42 Å². The van der Waals surface area contributed by atoms with Gasteiger partial charge in [0.15, 0.2) is 5.76 Å². The molecular weight excluding hydrogens is 332 g/mol. The van der Waals surface area contributed by atoms with E-state index < -0.39 is 0 Å². The lowest BCUT2D eigenvalue weighted by molar-refractivity contribution is -0.131. The maximum Gasteiger partial charge on any atom is 0.289 e. The molecule has 1 fully saturated rings. The van der Waals surface area contributed by atoms with E-state index in [9.17, 15) is 9.59 Å². The largest absolute Gasteiger partial charge is 0.459 e. The Morgan fingerprint density at radius 2 is 1.81 bits per heavy atom. The molecule has 2 aromatic heterocycles. The topological polar surface area (TPSA) is 71.6 Å². The second kappa shape index (κ2) is 7.03. The number of carbonyl (C=O) groups excluding carboxylic acids is 2. The summed E-state index contributed by atoms with van der Waals surface area (Å²) in [5, 5.41) is 5.46. The number of fused-ring (bicyclic) bond motifs is 1. The summed E-state index contributed by atoms with van der Waals surface area (Å²) < 4.78 is 6.87. The van der Waals surface area contributed by atoms with Crippen LogP contribution in [0.3, 0.4) is 0 Å². The van der Waals surface area contributed by atoms with E-state index in [0.717, 1.165) is 17.3 Å². The van der Waals surface area contributed by atoms with Crippen molar-refractivity contribution >= 4 is 22.7 Å². The summed E-state index contributed by atoms with van der Waals surface area (Å²) in [6.45, 7) is 2.50. The van der Waals surface area contributed by atoms with Crippen LogP contribution in [0.5, 0.6) is 0 Å². The fourth-order valence-electron chi connectivity index (χ4n) is 3.26. The quantitative estimate of drug-likeness (QED) is 0.723. The molecule has 7 heteroatoms. The molecule has 1 aliphatic rings. The van der Waals surface area contributed by atoms with Crippen LogP contribution in [0.15, 0.2) is 53.3 Å². The van der Waals surface area contributed by atoms with Crippen LogP contribution >= 0.6 is 0 Å². The van der Waals surface area contributed by atoms with Gasteiger partial charge in [-0.25, -0.2) is 0 Å². The highest BCUT2D eigenvalue weighted by molar-refractivity contribution is 5.91. The molecule has 0 N–H and O–H groups in total. The number of hydrogen-bond acceptors (Lipinski definition) is 4. The molecule has 0 radical (unpaired) electrons. The van der Waals surface area contributed by atoms with Crippen LogP contribution in [0, 0.1) is 0 Å². The number of rotatable bonds is 3. The Hall–Kier alpha value is -3.09. The van der Waals surface area contributed by atoms with Gasteiger partial charge in [0.05, 0.1) is 11.8 Å². The van der Waals surface area contributed by atoms with Gasteiger partial charge in [0, 0.05) is 37.8 Å². The molecule has 134 valence electrons. The van der Waals surface area contributed by atoms with Crippen LogP contribution in [0.2, 0.25) is 0 Å². The molecule has 0 saturated carbocycles. The summed E-state index contributed by atoms with van der Waals surface area (Å²) in [5.41, 5.74) is 0.881. The fourth-order valence-corrected chi connectivity index (χ4v) is 3.26. The minimum absolute atomic E-state index is 0.0186. The summed E-state index contributed by atoms with van der Waals surface area (Å²) in [7, 11) is 0. The smallest absolute Gasteiger partial charge is 0.289 e. The van der Waals surface area contributed by atoms with Gasteiger partial charge in [0.2, 0.25) is 5.91 Å². The third-order valence-electron chi connectivity index (χ3n) is 4.63. The Morgan fingerprint density at radius 3 is 2.62 bits per heavy atom. The lowest BCUT2D eigenvalue weighted by Gasteiger charge is -2.21. The van der Waals surface area contributed by atoms with Crippen molar-refractivity contribution < 1.29 is 14.0 Å². The van der Waals surface area contributed by atoms with Crippen LogP contribution in [0.25, 0.3) is 10.9 Å². The van der Waals surface area contributed by atoms with Crippen molar-refractivity contribution in [2.75, 3.05) is 26.2 Å². The van der Waals surface area contributed by atoms with Crippen molar-refractivity contribution in [1.29, 1.82) is 0 Å². The van der Waals surface area contributed by atoms with Gasteiger partial charge in [-0.3, -0.25) is 14.3 Å². The number of hydrogen-bond donors (Lipinski definition) is 0. The van der Waals surface area contributed by atoms with Gasteiger partial charge in [-0.1, -0.05) is 18.2 Å². The predicted octanol–water partition coefficient (Wildman–Crippen LogP) is 2.00. The van der Waals surface area contributed by atoms with Crippen molar-refractivity contribution in [3.63, 3.8) is 0 Å². The van der Waals surface area contributed by atoms with E-state index in [0.29, 0.717) is 31.9 Å². The van der Waals surface area contributed by atoms with Gasteiger partial charge in [0.1, 0.15) is 6.54 Å². The maximum atomic E-state index is 12.6. The highest BCUT2D eigenvalue weighted by atomic mass is 16.3. The maximum absolute atomic E-state index is 12.6. The molecule has 0 bridgehead atoms. The fraction of sp³-hybridized carbons (Fsp3) is 0.316. The molecule has 0 aliphatic carbocycles. The van der Waals surface area contributed by atoms with Crippen molar-refractivity contribution in [3.8, 4) is 0 Å². The Balaban J connectivity index is 1.38. The van der Waals surface area contributed by atoms with E-state index in [2.05, 4.69) is 5.10 Å². The SMILES string of the molecule is O=C(Cn1cc2ccccc2n1)N1CCCN(C(=O)c2ccco2)CC1. The second-order valence-electron chi connectivity index (χ2n) is 6.39. The summed E-state index contributed by atoms with van der Waals surface area (Å²) in [6.07, 6.45) is 4.13. The number of amides is 2. The third kappa shape index (κ3) is 3.33. The predicted molar refractivity (Wildman–Crippen MR) is 95.5 cm³/mol. The van der Waals surface area contributed by atoms with Crippen molar-refractivity contribution in [3.05, 3.63) is 54.6 Å². The first-order chi connectivity index (χ1) is 12.7. The van der Waals surface area contributed by atoms with Gasteiger partial charge < -0.3 is 14.2 Å². The highest BCUT2D eigenvalue weighted by Gasteiger charge is 2.24. The van der Waals surface area contributed by atoms with Crippen LogP contribution in [0.4, 0.5) is 0 Å². The molecule has 2 amide bonds. The van der Waals surface area contributed by atoms with Gasteiger partial charge in [-0.05, 0) is 24.6 Å². The number of nitrogens with zero attached hydrogens (tertiary/aromatic N) is 4. The molecule has 0 spiro atoms. The molecule has 1 aliphatic heterocycles. The lowest BCUT2D eigenvalue weighted by atomic mass is 10.3. The van der Waals surface area contributed by atoms with Crippen molar-refractivity contribution in [2.24, 2.45) is 0 Å². The summed E-state index contributed by atoms with van der Waals surface area (Å²) in [5.74, 6) is 0.237. The molecule has 0 unspecified atom stereocenters. The molecule has 7 nitrogen and oxygen atoms in total. The van der Waals surface area contributed by atoms with Gasteiger partial charge in [-0.2, -0.15) is 5.10 Å². The van der Waals surface area contributed by atoms with Gasteiger partial charge >= 0.3 is 0 Å². The summed E-state index contributed by atoms with van der Waals surface area (Å²) in [4.78, 5) is 28.6. The average Bonchev–Trinajstić information content (AvgIpc) is 3.25. The van der Waals surface area contributed by atoms with Crippen molar-refractivity contribution in [1.82, 2.24) is 19.6 Å². The van der Waals surface area contributed by atoms with Crippen LogP contribution in [0.1, 0.15) is 17.0 Å². The zero-order valence-electron chi connectivity index (χ0n) is 14.4. The Labute approximate surface area is 150 Å². The third-order valence-corrected chi connectivity index (χ3v) is 4.63.